The van der Waals surface area contributed by atoms with E-state index in [0.717, 1.165) is 35.7 Å². The molecule has 2 heteroatoms. The van der Waals surface area contributed by atoms with E-state index in [1.165, 1.54) is 44.5 Å². The first kappa shape index (κ1) is 24.0. The Morgan fingerprint density at radius 3 is 1.02 bits per heavy atom. The van der Waals surface area contributed by atoms with Crippen LogP contribution in [0.4, 0.5) is 11.4 Å². The minimum Gasteiger partial charge on any atom is -0.453 e. The van der Waals surface area contributed by atoms with E-state index in [0.29, 0.717) is 0 Å². The van der Waals surface area contributed by atoms with Crippen molar-refractivity contribution in [2.24, 2.45) is 0 Å². The molecule has 6 aromatic carbocycles. The first-order chi connectivity index (χ1) is 19.8. The number of benzene rings is 6. The van der Waals surface area contributed by atoms with Gasteiger partial charge in [-0.15, -0.1) is 0 Å². The third-order valence-corrected chi connectivity index (χ3v) is 7.67. The maximum Gasteiger partial charge on any atom is 0.150 e. The van der Waals surface area contributed by atoms with Gasteiger partial charge in [-0.25, -0.2) is 0 Å². The smallest absolute Gasteiger partial charge is 0.150 e. The summed E-state index contributed by atoms with van der Waals surface area (Å²) in [5.74, 6) is 1.76. The highest BCUT2D eigenvalue weighted by Crippen LogP contribution is 2.41. The molecule has 6 aromatic rings. The van der Waals surface area contributed by atoms with E-state index in [9.17, 15) is 0 Å². The van der Waals surface area contributed by atoms with E-state index in [2.05, 4.69) is 102 Å². The van der Waals surface area contributed by atoms with E-state index in [4.69, 9.17) is 4.74 Å². The molecule has 0 fully saturated rings. The van der Waals surface area contributed by atoms with Crippen LogP contribution < -0.4 is 10.1 Å². The van der Waals surface area contributed by atoms with Gasteiger partial charge in [0.2, 0.25) is 0 Å². The Bertz CT molecular complexity index is 1560. The largest absolute Gasteiger partial charge is 0.453 e. The molecule has 0 saturated heterocycles. The normalized spacial score (nSPS) is 12.2. The van der Waals surface area contributed by atoms with Crippen molar-refractivity contribution in [3.8, 4) is 33.8 Å². The van der Waals surface area contributed by atoms with Gasteiger partial charge in [0.15, 0.2) is 11.5 Å². The van der Waals surface area contributed by atoms with E-state index in [1.807, 2.05) is 48.5 Å². The fraction of sp³-hybridized carbons (Fsp3) is 0.0526. The second-order valence-corrected chi connectivity index (χ2v) is 10.2. The Morgan fingerprint density at radius 2 is 0.650 bits per heavy atom. The maximum absolute atomic E-state index is 5.71. The summed E-state index contributed by atoms with van der Waals surface area (Å²) in [4.78, 5) is 0. The van der Waals surface area contributed by atoms with Gasteiger partial charge in [-0.2, -0.15) is 0 Å². The van der Waals surface area contributed by atoms with Crippen LogP contribution in [0.25, 0.3) is 22.3 Å². The number of hydrogen-bond donors (Lipinski definition) is 1. The number of anilines is 2. The van der Waals surface area contributed by atoms with Crippen molar-refractivity contribution in [3.05, 3.63) is 168 Å². The highest BCUT2D eigenvalue weighted by Gasteiger charge is 2.17. The molecule has 0 amide bonds. The van der Waals surface area contributed by atoms with Gasteiger partial charge in [0.05, 0.1) is 11.4 Å². The molecule has 0 unspecified atom stereocenters. The minimum atomic E-state index is 0.881. The summed E-state index contributed by atoms with van der Waals surface area (Å²) >= 11 is 0. The van der Waals surface area contributed by atoms with Gasteiger partial charge < -0.3 is 10.1 Å². The molecule has 1 aliphatic heterocycles. The lowest BCUT2D eigenvalue weighted by molar-refractivity contribution is 0.481. The lowest BCUT2D eigenvalue weighted by Gasteiger charge is -2.20. The van der Waals surface area contributed by atoms with Gasteiger partial charge in [0, 0.05) is 0 Å². The Hall–Kier alpha value is -5.08. The number of ether oxygens (including phenoxy) is 1. The Morgan fingerprint density at radius 1 is 0.350 bits per heavy atom. The Balaban J connectivity index is 0.0000000993. The second kappa shape index (κ2) is 10.6. The van der Waals surface area contributed by atoms with Crippen molar-refractivity contribution in [1.82, 2.24) is 0 Å². The molecule has 40 heavy (non-hydrogen) atoms. The zero-order valence-electron chi connectivity index (χ0n) is 22.2. The average molecular weight is 516 g/mol. The summed E-state index contributed by atoms with van der Waals surface area (Å²) in [5.41, 5.74) is 13.5. The first-order valence-corrected chi connectivity index (χ1v) is 13.8. The number of hydrogen-bond acceptors (Lipinski definition) is 2. The topological polar surface area (TPSA) is 21.3 Å². The number of para-hydroxylation sites is 4. The van der Waals surface area contributed by atoms with Gasteiger partial charge in [0.25, 0.3) is 0 Å². The van der Waals surface area contributed by atoms with Crippen molar-refractivity contribution >= 4 is 11.4 Å². The number of nitrogens with one attached hydrogen (secondary N) is 1. The third kappa shape index (κ3) is 4.65. The van der Waals surface area contributed by atoms with Crippen LogP contribution in [0.15, 0.2) is 146 Å². The Kier molecular flexibility index (Phi) is 6.35. The molecule has 0 atom stereocenters. The first-order valence-electron chi connectivity index (χ1n) is 13.8. The van der Waals surface area contributed by atoms with Gasteiger partial charge in [0.1, 0.15) is 0 Å². The fourth-order valence-corrected chi connectivity index (χ4v) is 5.74. The molecule has 0 saturated carbocycles. The lowest BCUT2D eigenvalue weighted by atomic mass is 10.1. The molecular weight excluding hydrogens is 486 g/mol. The average Bonchev–Trinajstić information content (AvgIpc) is 3.59. The van der Waals surface area contributed by atoms with E-state index in [1.54, 1.807) is 0 Å². The van der Waals surface area contributed by atoms with Crippen LogP contribution in [0.5, 0.6) is 11.5 Å². The third-order valence-electron chi connectivity index (χ3n) is 7.67. The molecule has 3 aliphatic rings. The van der Waals surface area contributed by atoms with Gasteiger partial charge >= 0.3 is 0 Å². The molecule has 2 nitrogen and oxygen atoms in total. The summed E-state index contributed by atoms with van der Waals surface area (Å²) < 4.78 is 5.71. The summed E-state index contributed by atoms with van der Waals surface area (Å²) in [6.45, 7) is 0. The van der Waals surface area contributed by atoms with Gasteiger partial charge in [-0.1, -0.05) is 121 Å². The summed E-state index contributed by atoms with van der Waals surface area (Å²) in [7, 11) is 0. The highest BCUT2D eigenvalue weighted by atomic mass is 16.5. The number of fused-ring (bicyclic) bond motifs is 8. The van der Waals surface area contributed by atoms with E-state index >= 15 is 0 Å². The highest BCUT2D eigenvalue weighted by molar-refractivity contribution is 5.77. The van der Waals surface area contributed by atoms with Crippen LogP contribution >= 0.6 is 0 Å². The molecule has 0 bridgehead atoms. The fourth-order valence-electron chi connectivity index (χ4n) is 5.74. The van der Waals surface area contributed by atoms with Crippen molar-refractivity contribution < 1.29 is 4.74 Å². The monoisotopic (exact) mass is 515 g/mol. The van der Waals surface area contributed by atoms with Crippen LogP contribution in [0.2, 0.25) is 0 Å². The zero-order chi connectivity index (χ0) is 26.7. The van der Waals surface area contributed by atoms with E-state index in [-0.39, 0.29) is 0 Å². The SMILES string of the molecule is c1ccc2c(c1)Cc1ccccc1-2.c1ccc2c(c1)Cc1ccccc1-2.c1ccc2c(c1)Nc1ccccc1O2. The van der Waals surface area contributed by atoms with Crippen LogP contribution in [0.1, 0.15) is 22.3 Å². The molecule has 1 N–H and O–H groups in total. The maximum atomic E-state index is 5.71. The van der Waals surface area contributed by atoms with Gasteiger partial charge in [-0.3, -0.25) is 0 Å². The standard InChI is InChI=1S/2C13H10.C12H9NO/c2*1-3-7-12-10(5-1)9-11-6-2-4-8-13(11)12;1-3-7-11-9(5-1)13-10-6-2-4-8-12(10)14-11/h2*1-8H,9H2;1-8,13H. The van der Waals surface area contributed by atoms with Crippen LogP contribution in [0, 0.1) is 0 Å². The van der Waals surface area contributed by atoms with Crippen LogP contribution in [-0.4, -0.2) is 0 Å². The van der Waals surface area contributed by atoms with Crippen LogP contribution in [-0.2, 0) is 12.8 Å². The molecule has 1 heterocycles. The van der Waals surface area contributed by atoms with Crippen molar-refractivity contribution in [3.63, 3.8) is 0 Å². The van der Waals surface area contributed by atoms with Crippen molar-refractivity contribution in [2.45, 2.75) is 12.8 Å². The molecule has 0 aromatic heterocycles. The quantitative estimate of drug-likeness (QED) is 0.217. The van der Waals surface area contributed by atoms with E-state index < -0.39 is 0 Å². The molecule has 0 radical (unpaired) electrons. The molecule has 2 aliphatic carbocycles. The minimum absolute atomic E-state index is 0.881. The summed E-state index contributed by atoms with van der Waals surface area (Å²) in [5, 5.41) is 3.32. The van der Waals surface area contributed by atoms with Crippen molar-refractivity contribution in [1.29, 1.82) is 0 Å². The zero-order valence-corrected chi connectivity index (χ0v) is 22.2. The molecule has 9 rings (SSSR count). The predicted octanol–water partition coefficient (Wildman–Crippen LogP) is 10.1. The van der Waals surface area contributed by atoms with Crippen LogP contribution in [0.3, 0.4) is 0 Å². The summed E-state index contributed by atoms with van der Waals surface area (Å²) in [6, 6.07) is 50.5. The summed E-state index contributed by atoms with van der Waals surface area (Å²) in [6.07, 6.45) is 2.21. The lowest BCUT2D eigenvalue weighted by Crippen LogP contribution is -2.01. The predicted molar refractivity (Wildman–Crippen MR) is 166 cm³/mol. The Labute approximate surface area is 235 Å². The molecule has 0 spiro atoms. The molecule has 192 valence electrons. The van der Waals surface area contributed by atoms with Crippen molar-refractivity contribution in [2.75, 3.05) is 5.32 Å². The number of rotatable bonds is 0. The second-order valence-electron chi connectivity index (χ2n) is 10.2. The van der Waals surface area contributed by atoms with Gasteiger partial charge in [-0.05, 0) is 81.6 Å². The molecular formula is C38H29NO.